The normalized spacial score (nSPS) is 15.0. The number of ether oxygens (including phenoxy) is 1. The van der Waals surface area contributed by atoms with Crippen LogP contribution in [-0.4, -0.2) is 45.6 Å². The minimum absolute atomic E-state index is 0.0665. The first-order chi connectivity index (χ1) is 17.7. The largest absolute Gasteiger partial charge is 0.507 e. The number of hydrogen-bond donors (Lipinski definition) is 3. The molecule has 0 spiro atoms. The number of carbonyl (C=O) groups is 3. The van der Waals surface area contributed by atoms with E-state index in [2.05, 4.69) is 10.6 Å². The maximum absolute atomic E-state index is 14.1. The molecule has 0 bridgehead atoms. The van der Waals surface area contributed by atoms with Gasteiger partial charge in [-0.3, -0.25) is 9.59 Å². The molecule has 3 rings (SSSR count). The van der Waals surface area contributed by atoms with E-state index in [1.165, 1.54) is 4.90 Å². The number of halogens is 1. The number of phenols is 1. The van der Waals surface area contributed by atoms with Gasteiger partial charge in [0.25, 0.3) is 5.91 Å². The van der Waals surface area contributed by atoms with Gasteiger partial charge in [-0.25, -0.2) is 4.79 Å². The van der Waals surface area contributed by atoms with Crippen LogP contribution in [0, 0.1) is 19.8 Å². The molecule has 2 aromatic rings. The molecule has 0 aliphatic heterocycles. The Kier molecular flexibility index (Phi) is 8.97. The summed E-state index contributed by atoms with van der Waals surface area (Å²) in [6, 6.07) is 8.05. The fourth-order valence-corrected chi connectivity index (χ4v) is 4.55. The Bertz CT molecular complexity index is 1180. The number of hydrogen-bond acceptors (Lipinski definition) is 5. The van der Waals surface area contributed by atoms with Crippen LogP contribution in [0.3, 0.4) is 0 Å². The molecule has 0 aromatic heterocycles. The Morgan fingerprint density at radius 2 is 1.66 bits per heavy atom. The van der Waals surface area contributed by atoms with E-state index in [-0.39, 0.29) is 17.7 Å². The summed E-state index contributed by atoms with van der Waals surface area (Å²) in [4.78, 5) is 42.2. The zero-order chi connectivity index (χ0) is 28.4. The van der Waals surface area contributed by atoms with Gasteiger partial charge in [0.15, 0.2) is 0 Å². The van der Waals surface area contributed by atoms with Crippen LogP contribution in [0.1, 0.15) is 70.2 Å². The number of phenolic OH excluding ortho intramolecular Hbond substituents is 1. The van der Waals surface area contributed by atoms with Crippen molar-refractivity contribution in [2.75, 3.05) is 5.32 Å². The van der Waals surface area contributed by atoms with Crippen LogP contribution in [0.4, 0.5) is 10.5 Å². The molecule has 0 radical (unpaired) electrons. The Balaban J connectivity index is 2.06. The first-order valence-corrected chi connectivity index (χ1v) is 13.2. The second-order valence-electron chi connectivity index (χ2n) is 11.2. The topological polar surface area (TPSA) is 108 Å². The van der Waals surface area contributed by atoms with Gasteiger partial charge in [-0.15, -0.1) is 0 Å². The van der Waals surface area contributed by atoms with Gasteiger partial charge in [-0.1, -0.05) is 55.8 Å². The molecule has 0 saturated heterocycles. The highest BCUT2D eigenvalue weighted by Crippen LogP contribution is 2.40. The summed E-state index contributed by atoms with van der Waals surface area (Å²) in [5.74, 6) is -1.30. The van der Waals surface area contributed by atoms with Gasteiger partial charge in [0.05, 0.1) is 10.7 Å². The third kappa shape index (κ3) is 6.98. The second kappa shape index (κ2) is 11.6. The number of anilines is 1. The highest BCUT2D eigenvalue weighted by molar-refractivity contribution is 6.34. The molecule has 206 valence electrons. The molecule has 8 nitrogen and oxygen atoms in total. The van der Waals surface area contributed by atoms with Gasteiger partial charge in [-0.2, -0.15) is 0 Å². The maximum atomic E-state index is 14.1. The number of rotatable bonds is 8. The van der Waals surface area contributed by atoms with Crippen molar-refractivity contribution in [2.45, 2.75) is 85.0 Å². The average Bonchev–Trinajstić information content (AvgIpc) is 3.64. The van der Waals surface area contributed by atoms with E-state index in [4.69, 9.17) is 16.3 Å². The van der Waals surface area contributed by atoms with Gasteiger partial charge in [0.1, 0.15) is 23.4 Å². The zero-order valence-corrected chi connectivity index (χ0v) is 23.8. The first kappa shape index (κ1) is 29.3. The van der Waals surface area contributed by atoms with Crippen molar-refractivity contribution in [1.82, 2.24) is 10.2 Å². The van der Waals surface area contributed by atoms with Crippen LogP contribution in [0.15, 0.2) is 36.4 Å². The van der Waals surface area contributed by atoms with E-state index in [1.807, 2.05) is 26.8 Å². The third-order valence-corrected chi connectivity index (χ3v) is 6.67. The number of nitrogens with zero attached hydrogens (tertiary/aromatic N) is 1. The van der Waals surface area contributed by atoms with Crippen molar-refractivity contribution in [3.63, 3.8) is 0 Å². The number of amides is 3. The van der Waals surface area contributed by atoms with Crippen molar-refractivity contribution in [1.29, 1.82) is 0 Å². The third-order valence-electron chi connectivity index (χ3n) is 6.36. The number of aromatic hydroxyl groups is 1. The second-order valence-corrected chi connectivity index (χ2v) is 11.6. The molecule has 1 fully saturated rings. The number of para-hydroxylation sites is 2. The number of aryl methyl sites for hydroxylation is 2. The van der Waals surface area contributed by atoms with Crippen molar-refractivity contribution >= 4 is 35.2 Å². The van der Waals surface area contributed by atoms with E-state index < -0.39 is 35.6 Å². The fourth-order valence-electron chi connectivity index (χ4n) is 4.28. The zero-order valence-electron chi connectivity index (χ0n) is 23.1. The lowest BCUT2D eigenvalue weighted by molar-refractivity contribution is -0.142. The number of nitrogens with one attached hydrogen (secondary N) is 2. The van der Waals surface area contributed by atoms with E-state index in [1.54, 1.807) is 58.0 Å². The van der Waals surface area contributed by atoms with E-state index in [0.29, 0.717) is 34.7 Å². The molecular weight excluding hydrogens is 506 g/mol. The highest BCUT2D eigenvalue weighted by Gasteiger charge is 2.45. The molecule has 1 saturated carbocycles. The Morgan fingerprint density at radius 1 is 1.05 bits per heavy atom. The molecule has 0 heterocycles. The predicted octanol–water partition coefficient (Wildman–Crippen LogP) is 5.88. The van der Waals surface area contributed by atoms with Crippen molar-refractivity contribution < 1.29 is 24.2 Å². The minimum Gasteiger partial charge on any atom is -0.507 e. The van der Waals surface area contributed by atoms with Gasteiger partial charge < -0.3 is 25.4 Å². The maximum Gasteiger partial charge on any atom is 0.408 e. The van der Waals surface area contributed by atoms with E-state index in [0.717, 1.165) is 5.56 Å². The van der Waals surface area contributed by atoms with Crippen molar-refractivity contribution in [2.24, 2.45) is 5.92 Å². The van der Waals surface area contributed by atoms with Crippen LogP contribution in [0.5, 0.6) is 5.75 Å². The van der Waals surface area contributed by atoms with Gasteiger partial charge in [-0.05, 0) is 70.6 Å². The lowest BCUT2D eigenvalue weighted by Crippen LogP contribution is -2.55. The van der Waals surface area contributed by atoms with E-state index in [9.17, 15) is 19.5 Å². The molecule has 9 heteroatoms. The molecule has 3 N–H and O–H groups in total. The molecular formula is C29H38ClN3O5. The smallest absolute Gasteiger partial charge is 0.408 e. The Hall–Kier alpha value is -3.26. The summed E-state index contributed by atoms with van der Waals surface area (Å²) in [6.07, 6.45) is 0.681. The van der Waals surface area contributed by atoms with Gasteiger partial charge in [0, 0.05) is 11.6 Å². The molecule has 2 atom stereocenters. The van der Waals surface area contributed by atoms with Crippen LogP contribution in [0.2, 0.25) is 5.02 Å². The predicted molar refractivity (Wildman–Crippen MR) is 148 cm³/mol. The summed E-state index contributed by atoms with van der Waals surface area (Å²) in [5, 5.41) is 17.0. The highest BCUT2D eigenvalue weighted by atomic mass is 35.5. The minimum atomic E-state index is -1.16. The van der Waals surface area contributed by atoms with Crippen LogP contribution >= 0.6 is 11.6 Å². The SMILES string of the molecule is Cc1cccc(C(C(=O)Nc2c(C)cccc2Cl)N(C(=O)C(NC(=O)OC(C)(C)C)C(C)C)C2CC2)c1O. The standard InChI is InChI=1S/C29H38ClN3O5/c1-16(2)22(32-28(37)38-29(5,6)7)27(36)33(19-14-15-19)24(20-12-8-11-18(4)25(20)34)26(35)31-23-17(3)10-9-13-21(23)30/h8-13,16,19,22,24,34H,14-15H2,1-7H3,(H,31,35)(H,32,37). The Morgan fingerprint density at radius 3 is 2.21 bits per heavy atom. The van der Waals surface area contributed by atoms with Crippen LogP contribution < -0.4 is 10.6 Å². The van der Waals surface area contributed by atoms with Crippen molar-refractivity contribution in [3.8, 4) is 5.75 Å². The number of alkyl carbamates (subject to hydrolysis) is 1. The lowest BCUT2D eigenvalue weighted by atomic mass is 9.96. The van der Waals surface area contributed by atoms with E-state index >= 15 is 0 Å². The van der Waals surface area contributed by atoms with Crippen molar-refractivity contribution in [3.05, 3.63) is 58.1 Å². The molecule has 38 heavy (non-hydrogen) atoms. The summed E-state index contributed by atoms with van der Waals surface area (Å²) in [5.41, 5.74) is 1.32. The quantitative estimate of drug-likeness (QED) is 0.385. The van der Waals surface area contributed by atoms with Crippen LogP contribution in [-0.2, 0) is 14.3 Å². The summed E-state index contributed by atoms with van der Waals surface area (Å²) in [6.45, 7) is 12.4. The summed E-state index contributed by atoms with van der Waals surface area (Å²) < 4.78 is 5.40. The molecule has 1 aliphatic carbocycles. The lowest BCUT2D eigenvalue weighted by Gasteiger charge is -2.36. The Labute approximate surface area is 229 Å². The summed E-state index contributed by atoms with van der Waals surface area (Å²) >= 11 is 6.39. The fraction of sp³-hybridized carbons (Fsp3) is 0.483. The molecule has 2 aromatic carbocycles. The number of carbonyl (C=O) groups excluding carboxylic acids is 3. The number of benzene rings is 2. The summed E-state index contributed by atoms with van der Waals surface area (Å²) in [7, 11) is 0. The molecule has 3 amide bonds. The molecule has 1 aliphatic rings. The van der Waals surface area contributed by atoms with Gasteiger partial charge >= 0.3 is 6.09 Å². The van der Waals surface area contributed by atoms with Gasteiger partial charge in [0.2, 0.25) is 5.91 Å². The first-order valence-electron chi connectivity index (χ1n) is 12.9. The average molecular weight is 544 g/mol. The monoisotopic (exact) mass is 543 g/mol. The molecule has 2 unspecified atom stereocenters. The van der Waals surface area contributed by atoms with Crippen LogP contribution in [0.25, 0.3) is 0 Å².